The molecule has 54 heavy (non-hydrogen) atoms. The summed E-state index contributed by atoms with van der Waals surface area (Å²) in [5.41, 5.74) is -0.599. The van der Waals surface area contributed by atoms with Gasteiger partial charge in [0.05, 0.1) is 37.1 Å². The van der Waals surface area contributed by atoms with Gasteiger partial charge in [-0.05, 0) is 47.0 Å². The lowest BCUT2D eigenvalue weighted by Crippen LogP contribution is -2.38. The predicted octanol–water partition coefficient (Wildman–Crippen LogP) is 14.1. The molecule has 1 amide bonds. The van der Waals surface area contributed by atoms with Gasteiger partial charge >= 0.3 is 6.09 Å². The molecule has 0 rings (SSSR count). The van der Waals surface area contributed by atoms with E-state index >= 15 is 0 Å². The van der Waals surface area contributed by atoms with Gasteiger partial charge in [0, 0.05) is 33.3 Å². The Kier molecular flexibility index (Phi) is 38.3. The molecule has 7 heteroatoms. The molecule has 0 saturated carbocycles. The number of rotatable bonds is 43. The third-order valence-electron chi connectivity index (χ3n) is 11.0. The van der Waals surface area contributed by atoms with Crippen molar-refractivity contribution in [2.75, 3.05) is 46.7 Å². The van der Waals surface area contributed by atoms with Gasteiger partial charge in [-0.15, -0.1) is 0 Å². The average molecular weight is 770 g/mol. The smallest absolute Gasteiger partial charge is 0.407 e. The summed E-state index contributed by atoms with van der Waals surface area (Å²) in [5.74, 6) is 0. The Morgan fingerprint density at radius 1 is 0.500 bits per heavy atom. The van der Waals surface area contributed by atoms with Gasteiger partial charge in [-0.25, -0.2) is 4.79 Å². The molecule has 0 aromatic heterocycles. The summed E-state index contributed by atoms with van der Waals surface area (Å²) in [5, 5.41) is 2.92. The highest BCUT2D eigenvalue weighted by atomic mass is 16.6. The normalized spacial score (nSPS) is 12.7. The molecular weight excluding hydrogens is 675 g/mol. The zero-order chi connectivity index (χ0) is 39.9. The molecule has 0 aliphatic heterocycles. The van der Waals surface area contributed by atoms with Crippen LogP contribution in [0.2, 0.25) is 0 Å². The number of unbranched alkanes of at least 4 members (excludes halogenated alkanes) is 26. The number of ether oxygens (including phenoxy) is 5. The summed E-state index contributed by atoms with van der Waals surface area (Å²) in [6.45, 7) is 16.0. The second-order valence-electron chi connectivity index (χ2n) is 17.3. The van der Waals surface area contributed by atoms with Crippen molar-refractivity contribution in [2.45, 2.75) is 251 Å². The minimum atomic E-state index is -0.414. The van der Waals surface area contributed by atoms with Crippen LogP contribution in [0.4, 0.5) is 4.79 Å². The van der Waals surface area contributed by atoms with E-state index in [0.29, 0.717) is 39.4 Å². The van der Waals surface area contributed by atoms with Crippen LogP contribution in [0.25, 0.3) is 0 Å². The standard InChI is InChI=1S/C47H95NO6/c1-8-10-12-14-16-18-20-22-24-26-28-30-32-34-38-51-43-44(52-39-35-33-31-29-27-25-23-21-19-17-15-13-11-9-2)42-48-45(49)53-40-36-47(5,6)54-41-37-46(3,4)50-7/h44H,8-43H2,1-7H3,(H,48,49). The van der Waals surface area contributed by atoms with Crippen molar-refractivity contribution in [3.05, 3.63) is 0 Å². The number of amides is 1. The molecule has 0 bridgehead atoms. The van der Waals surface area contributed by atoms with Crippen molar-refractivity contribution in [3.63, 3.8) is 0 Å². The van der Waals surface area contributed by atoms with Crippen molar-refractivity contribution < 1.29 is 28.5 Å². The maximum Gasteiger partial charge on any atom is 0.407 e. The number of methoxy groups -OCH3 is 1. The van der Waals surface area contributed by atoms with E-state index in [1.54, 1.807) is 7.11 Å². The fraction of sp³-hybridized carbons (Fsp3) is 0.979. The lowest BCUT2D eigenvalue weighted by molar-refractivity contribution is -0.0663. The Bertz CT molecular complexity index is 775. The Balaban J connectivity index is 4.26. The second kappa shape index (κ2) is 39.0. The Morgan fingerprint density at radius 2 is 0.889 bits per heavy atom. The number of alkyl carbamates (subject to hydrolysis) is 1. The van der Waals surface area contributed by atoms with Gasteiger partial charge in [0.1, 0.15) is 0 Å². The monoisotopic (exact) mass is 770 g/mol. The number of hydrogen-bond donors (Lipinski definition) is 1. The van der Waals surface area contributed by atoms with Crippen molar-refractivity contribution in [3.8, 4) is 0 Å². The van der Waals surface area contributed by atoms with E-state index in [9.17, 15) is 4.79 Å². The summed E-state index contributed by atoms with van der Waals surface area (Å²) >= 11 is 0. The van der Waals surface area contributed by atoms with E-state index in [0.717, 1.165) is 25.9 Å². The van der Waals surface area contributed by atoms with Crippen LogP contribution in [0, 0.1) is 0 Å². The zero-order valence-corrected chi connectivity index (χ0v) is 37.5. The van der Waals surface area contributed by atoms with Gasteiger partial charge < -0.3 is 29.0 Å². The SMILES string of the molecule is CCCCCCCCCCCCCCCCOCC(CNC(=O)OCCC(C)(C)OCCC(C)(C)OC)OCCCCCCCCCCCCCCCC. The number of carbonyl (C=O) groups excluding carboxylic acids is 1. The molecule has 1 N–H and O–H groups in total. The van der Waals surface area contributed by atoms with E-state index < -0.39 is 6.09 Å². The van der Waals surface area contributed by atoms with Crippen molar-refractivity contribution >= 4 is 6.09 Å². The van der Waals surface area contributed by atoms with E-state index in [2.05, 4.69) is 33.0 Å². The molecule has 0 fully saturated rings. The molecule has 7 nitrogen and oxygen atoms in total. The molecule has 0 aliphatic rings. The van der Waals surface area contributed by atoms with Crippen LogP contribution in [0.1, 0.15) is 234 Å². The lowest BCUT2D eigenvalue weighted by Gasteiger charge is -2.28. The zero-order valence-electron chi connectivity index (χ0n) is 37.5. The Hall–Kier alpha value is -0.890. The maximum absolute atomic E-state index is 12.6. The Labute approximate surface area is 337 Å². The molecule has 0 aliphatic carbocycles. The third kappa shape index (κ3) is 39.3. The summed E-state index contributed by atoms with van der Waals surface area (Å²) in [7, 11) is 1.72. The van der Waals surface area contributed by atoms with Crippen molar-refractivity contribution in [1.29, 1.82) is 0 Å². The van der Waals surface area contributed by atoms with Crippen LogP contribution in [0.3, 0.4) is 0 Å². The fourth-order valence-electron chi connectivity index (χ4n) is 6.71. The average Bonchev–Trinajstić information content (AvgIpc) is 3.14. The second-order valence-corrected chi connectivity index (χ2v) is 17.3. The van der Waals surface area contributed by atoms with E-state index in [1.807, 2.05) is 13.8 Å². The predicted molar refractivity (Wildman–Crippen MR) is 231 cm³/mol. The van der Waals surface area contributed by atoms with Gasteiger partial charge in [-0.3, -0.25) is 0 Å². The first-order chi connectivity index (χ1) is 26.2. The van der Waals surface area contributed by atoms with E-state index in [-0.39, 0.29) is 17.3 Å². The van der Waals surface area contributed by atoms with Gasteiger partial charge in [-0.2, -0.15) is 0 Å². The molecule has 1 unspecified atom stereocenters. The molecule has 324 valence electrons. The van der Waals surface area contributed by atoms with Crippen LogP contribution in [0.15, 0.2) is 0 Å². The molecular formula is C47H95NO6. The molecule has 0 saturated heterocycles. The Morgan fingerprint density at radius 3 is 1.31 bits per heavy atom. The maximum atomic E-state index is 12.6. The van der Waals surface area contributed by atoms with Gasteiger partial charge in [0.15, 0.2) is 0 Å². The summed E-state index contributed by atoms with van der Waals surface area (Å²) < 4.78 is 29.4. The van der Waals surface area contributed by atoms with Gasteiger partial charge in [0.25, 0.3) is 0 Å². The highest BCUT2D eigenvalue weighted by molar-refractivity contribution is 5.67. The fourth-order valence-corrected chi connectivity index (χ4v) is 6.71. The van der Waals surface area contributed by atoms with E-state index in [1.165, 1.54) is 167 Å². The molecule has 0 radical (unpaired) electrons. The highest BCUT2D eigenvalue weighted by Crippen LogP contribution is 2.19. The van der Waals surface area contributed by atoms with Gasteiger partial charge in [-0.1, -0.05) is 181 Å². The van der Waals surface area contributed by atoms with Gasteiger partial charge in [0.2, 0.25) is 0 Å². The quantitative estimate of drug-likeness (QED) is 0.0623. The molecule has 0 aromatic carbocycles. The number of nitrogens with one attached hydrogen (secondary N) is 1. The molecule has 0 aromatic rings. The molecule has 0 spiro atoms. The van der Waals surface area contributed by atoms with Crippen LogP contribution in [-0.2, 0) is 23.7 Å². The summed E-state index contributed by atoms with van der Waals surface area (Å²) in [4.78, 5) is 12.6. The third-order valence-corrected chi connectivity index (χ3v) is 11.0. The lowest BCUT2D eigenvalue weighted by atomic mass is 10.0. The minimum absolute atomic E-state index is 0.171. The highest BCUT2D eigenvalue weighted by Gasteiger charge is 2.22. The topological polar surface area (TPSA) is 75.3 Å². The van der Waals surface area contributed by atoms with Crippen molar-refractivity contribution in [1.82, 2.24) is 5.32 Å². The first kappa shape index (κ1) is 53.1. The minimum Gasteiger partial charge on any atom is -0.449 e. The van der Waals surface area contributed by atoms with Crippen LogP contribution in [0.5, 0.6) is 0 Å². The van der Waals surface area contributed by atoms with Crippen LogP contribution < -0.4 is 5.32 Å². The summed E-state index contributed by atoms with van der Waals surface area (Å²) in [6.07, 6.45) is 38.6. The summed E-state index contributed by atoms with van der Waals surface area (Å²) in [6, 6.07) is 0. The largest absolute Gasteiger partial charge is 0.449 e. The first-order valence-corrected chi connectivity index (χ1v) is 23.4. The van der Waals surface area contributed by atoms with Crippen LogP contribution >= 0.6 is 0 Å². The number of hydrogen-bond acceptors (Lipinski definition) is 6. The molecule has 1 atom stereocenters. The molecule has 0 heterocycles. The first-order valence-electron chi connectivity index (χ1n) is 23.4. The van der Waals surface area contributed by atoms with Crippen LogP contribution in [-0.4, -0.2) is 70.1 Å². The number of carbonyl (C=O) groups is 1. The van der Waals surface area contributed by atoms with E-state index in [4.69, 9.17) is 23.7 Å². The van der Waals surface area contributed by atoms with Crippen molar-refractivity contribution in [2.24, 2.45) is 0 Å².